The van der Waals surface area contributed by atoms with Crippen molar-refractivity contribution in [3.05, 3.63) is 83.8 Å². The van der Waals surface area contributed by atoms with E-state index in [0.29, 0.717) is 11.1 Å². The fraction of sp³-hybridized carbons (Fsp3) is 0.208. The first-order valence-corrected chi connectivity index (χ1v) is 10.5. The van der Waals surface area contributed by atoms with Gasteiger partial charge in [0.1, 0.15) is 22.9 Å². The molecule has 0 bridgehead atoms. The molecule has 0 atom stereocenters. The topological polar surface area (TPSA) is 63.1 Å². The van der Waals surface area contributed by atoms with Crippen molar-refractivity contribution in [2.45, 2.75) is 19.1 Å². The number of amides is 1. The number of anilines is 2. The average molecular weight is 451 g/mol. The lowest BCUT2D eigenvalue weighted by atomic mass is 10.2. The minimum atomic E-state index is -4.58. The Kier molecular flexibility index (Phi) is 5.24. The summed E-state index contributed by atoms with van der Waals surface area (Å²) in [7, 11) is 0. The van der Waals surface area contributed by atoms with Gasteiger partial charge >= 0.3 is 6.18 Å². The second-order valence-corrected chi connectivity index (χ2v) is 7.91. The van der Waals surface area contributed by atoms with Gasteiger partial charge in [-0.15, -0.1) is 0 Å². The number of benzene rings is 1. The molecule has 1 saturated heterocycles. The molecule has 0 saturated carbocycles. The molecule has 5 rings (SSSR count). The molecule has 1 amide bonds. The van der Waals surface area contributed by atoms with Crippen molar-refractivity contribution < 1.29 is 18.0 Å². The fourth-order valence-electron chi connectivity index (χ4n) is 3.79. The van der Waals surface area contributed by atoms with E-state index in [0.717, 1.165) is 37.0 Å². The van der Waals surface area contributed by atoms with Crippen molar-refractivity contribution in [2.75, 3.05) is 23.3 Å². The zero-order valence-electron chi connectivity index (χ0n) is 17.5. The van der Waals surface area contributed by atoms with Crippen molar-refractivity contribution in [1.82, 2.24) is 14.5 Å². The summed E-state index contributed by atoms with van der Waals surface area (Å²) in [6.45, 7) is 2.13. The standard InChI is InChI=1S/C24H20F3N5O/c25-24(26,27)20-9-7-17-13-19(32(22(17)30-20)15-16-5-2-1-3-6-16)23(33)29-18-8-10-21(28-14-18)31-11-4-12-31/h1-3,5-10,13-14H,4,11-12,15H2,(H,29,33). The molecule has 1 N–H and O–H groups in total. The molecular formula is C24H20F3N5O. The molecule has 3 aromatic heterocycles. The Hall–Kier alpha value is -3.88. The molecule has 33 heavy (non-hydrogen) atoms. The second-order valence-electron chi connectivity index (χ2n) is 7.91. The van der Waals surface area contributed by atoms with Gasteiger partial charge in [-0.3, -0.25) is 4.79 Å². The molecule has 1 fully saturated rings. The third-order valence-corrected chi connectivity index (χ3v) is 5.64. The minimum Gasteiger partial charge on any atom is -0.356 e. The van der Waals surface area contributed by atoms with E-state index < -0.39 is 17.8 Å². The number of carbonyl (C=O) groups is 1. The molecular weight excluding hydrogens is 431 g/mol. The van der Waals surface area contributed by atoms with E-state index >= 15 is 0 Å². The third kappa shape index (κ3) is 4.26. The summed E-state index contributed by atoms with van der Waals surface area (Å²) in [4.78, 5) is 23.5. The van der Waals surface area contributed by atoms with Crippen LogP contribution in [0.25, 0.3) is 11.0 Å². The lowest BCUT2D eigenvalue weighted by Crippen LogP contribution is -2.37. The fourth-order valence-corrected chi connectivity index (χ4v) is 3.79. The largest absolute Gasteiger partial charge is 0.433 e. The predicted octanol–water partition coefficient (Wildman–Crippen LogP) is 4.96. The number of hydrogen-bond acceptors (Lipinski definition) is 4. The van der Waals surface area contributed by atoms with Crippen LogP contribution >= 0.6 is 0 Å². The first kappa shape index (κ1) is 21.0. The first-order valence-electron chi connectivity index (χ1n) is 10.5. The Balaban J connectivity index is 1.50. The molecule has 4 heterocycles. The summed E-state index contributed by atoms with van der Waals surface area (Å²) < 4.78 is 41.4. The lowest BCUT2D eigenvalue weighted by molar-refractivity contribution is -0.141. The van der Waals surface area contributed by atoms with Crippen LogP contribution in [-0.2, 0) is 12.7 Å². The van der Waals surface area contributed by atoms with E-state index in [1.165, 1.54) is 10.6 Å². The summed E-state index contributed by atoms with van der Waals surface area (Å²) in [5.74, 6) is 0.400. The average Bonchev–Trinajstić information content (AvgIpc) is 3.12. The van der Waals surface area contributed by atoms with Crippen LogP contribution in [0.15, 0.2) is 66.9 Å². The van der Waals surface area contributed by atoms with Gasteiger partial charge in [-0.2, -0.15) is 13.2 Å². The van der Waals surface area contributed by atoms with Crippen LogP contribution in [0.1, 0.15) is 28.2 Å². The van der Waals surface area contributed by atoms with Gasteiger partial charge in [0.2, 0.25) is 0 Å². The molecule has 0 spiro atoms. The van der Waals surface area contributed by atoms with Crippen LogP contribution < -0.4 is 10.2 Å². The van der Waals surface area contributed by atoms with Crippen molar-refractivity contribution in [2.24, 2.45) is 0 Å². The maximum atomic E-state index is 13.3. The summed E-state index contributed by atoms with van der Waals surface area (Å²) in [6.07, 6.45) is -1.87. The van der Waals surface area contributed by atoms with Gasteiger partial charge in [0.05, 0.1) is 11.9 Å². The number of nitrogens with zero attached hydrogens (tertiary/aromatic N) is 4. The zero-order chi connectivity index (χ0) is 23.0. The Morgan fingerprint density at radius 1 is 1.03 bits per heavy atom. The normalized spacial score (nSPS) is 13.7. The van der Waals surface area contributed by atoms with Gasteiger partial charge < -0.3 is 14.8 Å². The summed E-state index contributed by atoms with van der Waals surface area (Å²) >= 11 is 0. The van der Waals surface area contributed by atoms with Gasteiger partial charge in [-0.1, -0.05) is 30.3 Å². The highest BCUT2D eigenvalue weighted by Crippen LogP contribution is 2.30. The smallest absolute Gasteiger partial charge is 0.356 e. The quantitative estimate of drug-likeness (QED) is 0.466. The van der Waals surface area contributed by atoms with E-state index in [1.807, 2.05) is 36.4 Å². The van der Waals surface area contributed by atoms with Gasteiger partial charge in [-0.25, -0.2) is 9.97 Å². The SMILES string of the molecule is O=C(Nc1ccc(N2CCC2)nc1)c1cc2ccc(C(F)(F)F)nc2n1Cc1ccccc1. The van der Waals surface area contributed by atoms with Crippen molar-refractivity contribution in [3.63, 3.8) is 0 Å². The van der Waals surface area contributed by atoms with Crippen LogP contribution in [0.4, 0.5) is 24.7 Å². The number of halogens is 3. The van der Waals surface area contributed by atoms with E-state index in [9.17, 15) is 18.0 Å². The highest BCUT2D eigenvalue weighted by atomic mass is 19.4. The molecule has 0 radical (unpaired) electrons. The highest BCUT2D eigenvalue weighted by molar-refractivity contribution is 6.06. The third-order valence-electron chi connectivity index (χ3n) is 5.64. The van der Waals surface area contributed by atoms with Crippen LogP contribution in [0.3, 0.4) is 0 Å². The molecule has 9 heteroatoms. The Labute approximate surface area is 187 Å². The molecule has 168 valence electrons. The van der Waals surface area contributed by atoms with Crippen molar-refractivity contribution in [1.29, 1.82) is 0 Å². The number of hydrogen-bond donors (Lipinski definition) is 1. The molecule has 4 aromatic rings. The molecule has 1 aromatic carbocycles. The van der Waals surface area contributed by atoms with Crippen LogP contribution in [0.2, 0.25) is 0 Å². The number of fused-ring (bicyclic) bond motifs is 1. The number of alkyl halides is 3. The number of carbonyl (C=O) groups excluding carboxylic acids is 1. The van der Waals surface area contributed by atoms with E-state index in [-0.39, 0.29) is 17.9 Å². The zero-order valence-corrected chi connectivity index (χ0v) is 17.5. The number of aromatic nitrogens is 3. The van der Waals surface area contributed by atoms with Crippen LogP contribution in [-0.4, -0.2) is 33.5 Å². The number of nitrogens with one attached hydrogen (secondary N) is 1. The van der Waals surface area contributed by atoms with Crippen LogP contribution in [0.5, 0.6) is 0 Å². The number of rotatable bonds is 5. The Morgan fingerprint density at radius 3 is 2.45 bits per heavy atom. The first-order chi connectivity index (χ1) is 15.9. The molecule has 6 nitrogen and oxygen atoms in total. The van der Waals surface area contributed by atoms with Crippen LogP contribution in [0, 0.1) is 0 Å². The Morgan fingerprint density at radius 2 is 1.82 bits per heavy atom. The van der Waals surface area contributed by atoms with E-state index in [1.54, 1.807) is 18.3 Å². The predicted molar refractivity (Wildman–Crippen MR) is 119 cm³/mol. The molecule has 1 aliphatic rings. The van der Waals surface area contributed by atoms with Gasteiger partial charge in [0.25, 0.3) is 5.91 Å². The molecule has 1 aliphatic heterocycles. The van der Waals surface area contributed by atoms with Gasteiger partial charge in [0, 0.05) is 25.0 Å². The van der Waals surface area contributed by atoms with Gasteiger partial charge in [0.15, 0.2) is 0 Å². The molecule has 0 aliphatic carbocycles. The maximum absolute atomic E-state index is 13.3. The van der Waals surface area contributed by atoms with Crippen molar-refractivity contribution >= 4 is 28.4 Å². The maximum Gasteiger partial charge on any atom is 0.433 e. The Bertz CT molecular complexity index is 1300. The van der Waals surface area contributed by atoms with E-state index in [4.69, 9.17) is 0 Å². The summed E-state index contributed by atoms with van der Waals surface area (Å²) in [5, 5.41) is 3.26. The highest BCUT2D eigenvalue weighted by Gasteiger charge is 2.33. The van der Waals surface area contributed by atoms with Crippen molar-refractivity contribution in [3.8, 4) is 0 Å². The number of pyridine rings is 2. The van der Waals surface area contributed by atoms with Gasteiger partial charge in [-0.05, 0) is 42.3 Å². The lowest BCUT2D eigenvalue weighted by Gasteiger charge is -2.31. The summed E-state index contributed by atoms with van der Waals surface area (Å²) in [5.41, 5.74) is 0.659. The molecule has 0 unspecified atom stereocenters. The van der Waals surface area contributed by atoms with E-state index in [2.05, 4.69) is 20.2 Å². The minimum absolute atomic E-state index is 0.102. The second kappa shape index (κ2) is 8.23. The summed E-state index contributed by atoms with van der Waals surface area (Å²) in [6, 6.07) is 16.6. The monoisotopic (exact) mass is 451 g/mol.